The normalized spacial score (nSPS) is 16.3. The van der Waals surface area contributed by atoms with Gasteiger partial charge in [0.25, 0.3) is 11.5 Å². The van der Waals surface area contributed by atoms with Crippen LogP contribution in [0, 0.1) is 24.2 Å². The number of hydrogen-bond acceptors (Lipinski definition) is 10. The third kappa shape index (κ3) is 7.36. The van der Waals surface area contributed by atoms with E-state index in [4.69, 9.17) is 26.4 Å². The standard InChI is InChI=1S/C33H40N4O6S2/c1-6-8-14-36-29(35-15-12-23(13-16-35)32(40)43-7-2)24(21(3)25(20-34)30(36)38)19-28-31(39)37(33(44)45-28)17-11-22-9-10-26(41-4)27(18-22)42-5/h9-10,18-19,23H,6-8,11-17H2,1-5H3. The number of nitrogens with zero attached hydrogens (tertiary/aromatic N) is 4. The average Bonchev–Trinajstić information content (AvgIpc) is 3.31. The lowest BCUT2D eigenvalue weighted by atomic mass is 9.95. The summed E-state index contributed by atoms with van der Waals surface area (Å²) >= 11 is 6.85. The molecule has 1 aromatic carbocycles. The number of thioether (sulfide) groups is 1. The summed E-state index contributed by atoms with van der Waals surface area (Å²) in [6.45, 7) is 7.81. The summed E-state index contributed by atoms with van der Waals surface area (Å²) in [7, 11) is 3.16. The lowest BCUT2D eigenvalue weighted by Gasteiger charge is -2.35. The number of benzene rings is 1. The van der Waals surface area contributed by atoms with Gasteiger partial charge in [0.05, 0.1) is 31.6 Å². The van der Waals surface area contributed by atoms with Crippen LogP contribution in [0.25, 0.3) is 6.08 Å². The zero-order valence-corrected chi connectivity index (χ0v) is 28.1. The molecule has 1 amide bonds. The van der Waals surface area contributed by atoms with E-state index in [9.17, 15) is 19.6 Å². The molecule has 2 aliphatic heterocycles. The van der Waals surface area contributed by atoms with Gasteiger partial charge in [-0.15, -0.1) is 0 Å². The molecule has 0 N–H and O–H groups in total. The van der Waals surface area contributed by atoms with Crippen molar-refractivity contribution in [1.29, 1.82) is 5.26 Å². The van der Waals surface area contributed by atoms with Crippen LogP contribution in [0.5, 0.6) is 11.5 Å². The third-order valence-electron chi connectivity index (χ3n) is 8.22. The van der Waals surface area contributed by atoms with Gasteiger partial charge in [0.15, 0.2) is 11.5 Å². The zero-order chi connectivity index (χ0) is 32.7. The first-order valence-corrected chi connectivity index (χ1v) is 16.5. The predicted molar refractivity (Wildman–Crippen MR) is 180 cm³/mol. The van der Waals surface area contributed by atoms with E-state index in [0.29, 0.717) is 89.7 Å². The highest BCUT2D eigenvalue weighted by atomic mass is 32.2. The molecule has 2 aliphatic rings. The number of methoxy groups -OCH3 is 2. The largest absolute Gasteiger partial charge is 0.493 e. The SMILES string of the molecule is CCCCn1c(N2CCC(C(=O)OCC)CC2)c(C=C2SC(=S)N(CCc3ccc(OC)c(OC)c3)C2=O)c(C)c(C#N)c1=O. The number of hydrogen-bond donors (Lipinski definition) is 0. The van der Waals surface area contributed by atoms with E-state index in [1.54, 1.807) is 43.6 Å². The van der Waals surface area contributed by atoms with Crippen LogP contribution >= 0.6 is 24.0 Å². The molecule has 0 atom stereocenters. The molecule has 45 heavy (non-hydrogen) atoms. The molecule has 0 bridgehead atoms. The molecular formula is C33H40N4O6S2. The van der Waals surface area contributed by atoms with Crippen molar-refractivity contribution in [3.05, 3.63) is 55.7 Å². The summed E-state index contributed by atoms with van der Waals surface area (Å²) in [5.41, 5.74) is 1.86. The summed E-state index contributed by atoms with van der Waals surface area (Å²) in [4.78, 5) is 43.9. The van der Waals surface area contributed by atoms with Crippen LogP contribution < -0.4 is 19.9 Å². The molecule has 0 aliphatic carbocycles. The Morgan fingerprint density at radius 1 is 1.13 bits per heavy atom. The minimum Gasteiger partial charge on any atom is -0.493 e. The van der Waals surface area contributed by atoms with Crippen molar-refractivity contribution in [2.24, 2.45) is 5.92 Å². The number of nitriles is 1. The summed E-state index contributed by atoms with van der Waals surface area (Å²) in [5.74, 6) is 1.28. The molecular weight excluding hydrogens is 613 g/mol. The number of ether oxygens (including phenoxy) is 3. The second-order valence-corrected chi connectivity index (χ2v) is 12.6. The van der Waals surface area contributed by atoms with Gasteiger partial charge in [-0.2, -0.15) is 5.26 Å². The molecule has 240 valence electrons. The quantitative estimate of drug-likeness (QED) is 0.175. The predicted octanol–water partition coefficient (Wildman–Crippen LogP) is 5.07. The number of carbonyl (C=O) groups is 2. The fourth-order valence-corrected chi connectivity index (χ4v) is 6.99. The highest BCUT2D eigenvalue weighted by Gasteiger charge is 2.34. The average molecular weight is 653 g/mol. The van der Waals surface area contributed by atoms with Gasteiger partial charge in [-0.05, 0) is 68.9 Å². The van der Waals surface area contributed by atoms with Crippen molar-refractivity contribution in [2.45, 2.75) is 59.4 Å². The van der Waals surface area contributed by atoms with E-state index in [0.717, 1.165) is 18.4 Å². The molecule has 2 aromatic rings. The fourth-order valence-electron chi connectivity index (χ4n) is 5.70. The smallest absolute Gasteiger partial charge is 0.309 e. The van der Waals surface area contributed by atoms with Crippen molar-refractivity contribution in [2.75, 3.05) is 45.4 Å². The first kappa shape index (κ1) is 34.1. The number of aromatic nitrogens is 1. The van der Waals surface area contributed by atoms with Gasteiger partial charge in [0.1, 0.15) is 21.8 Å². The molecule has 3 heterocycles. The highest BCUT2D eigenvalue weighted by Crippen LogP contribution is 2.37. The van der Waals surface area contributed by atoms with Gasteiger partial charge in [0, 0.05) is 31.7 Å². The van der Waals surface area contributed by atoms with Crippen LogP contribution in [-0.2, 0) is 27.3 Å². The molecule has 0 saturated carbocycles. The highest BCUT2D eigenvalue weighted by molar-refractivity contribution is 8.26. The van der Waals surface area contributed by atoms with E-state index < -0.39 is 0 Å². The first-order chi connectivity index (χ1) is 21.7. The van der Waals surface area contributed by atoms with E-state index in [1.165, 1.54) is 11.8 Å². The van der Waals surface area contributed by atoms with Gasteiger partial charge in [-0.1, -0.05) is 43.4 Å². The van der Waals surface area contributed by atoms with Gasteiger partial charge in [0.2, 0.25) is 0 Å². The molecule has 4 rings (SSSR count). The van der Waals surface area contributed by atoms with Crippen LogP contribution in [0.3, 0.4) is 0 Å². The number of pyridine rings is 1. The molecule has 0 unspecified atom stereocenters. The number of rotatable bonds is 12. The number of amides is 1. The van der Waals surface area contributed by atoms with Gasteiger partial charge in [-0.3, -0.25) is 23.9 Å². The number of thiocarbonyl (C=S) groups is 1. The second kappa shape index (κ2) is 15.5. The number of carbonyl (C=O) groups excluding carboxylic acids is 2. The fraction of sp³-hybridized carbons (Fsp3) is 0.485. The minimum atomic E-state index is -0.342. The Kier molecular flexibility index (Phi) is 11.7. The summed E-state index contributed by atoms with van der Waals surface area (Å²) in [6.07, 6.45) is 5.11. The van der Waals surface area contributed by atoms with E-state index in [-0.39, 0.29) is 28.9 Å². The summed E-state index contributed by atoms with van der Waals surface area (Å²) in [5, 5.41) is 10.00. The van der Waals surface area contributed by atoms with Crippen LogP contribution in [0.4, 0.5) is 5.82 Å². The van der Waals surface area contributed by atoms with Crippen LogP contribution in [-0.4, -0.2) is 66.1 Å². The Morgan fingerprint density at radius 3 is 2.47 bits per heavy atom. The van der Waals surface area contributed by atoms with Gasteiger partial charge < -0.3 is 19.1 Å². The Morgan fingerprint density at radius 2 is 1.84 bits per heavy atom. The maximum absolute atomic E-state index is 13.7. The summed E-state index contributed by atoms with van der Waals surface area (Å²) in [6, 6.07) is 7.75. The lowest BCUT2D eigenvalue weighted by molar-refractivity contribution is -0.148. The van der Waals surface area contributed by atoms with E-state index >= 15 is 0 Å². The Balaban J connectivity index is 1.69. The Hall–Kier alpha value is -3.82. The summed E-state index contributed by atoms with van der Waals surface area (Å²) < 4.78 is 18.1. The van der Waals surface area contributed by atoms with Crippen molar-refractivity contribution in [1.82, 2.24) is 9.47 Å². The van der Waals surface area contributed by atoms with Crippen LogP contribution in [0.15, 0.2) is 27.9 Å². The zero-order valence-electron chi connectivity index (χ0n) is 26.5. The Labute approximate surface area is 273 Å². The maximum atomic E-state index is 13.7. The number of piperidine rings is 1. The van der Waals surface area contributed by atoms with Gasteiger partial charge >= 0.3 is 5.97 Å². The van der Waals surface area contributed by atoms with Crippen molar-refractivity contribution in [3.8, 4) is 17.6 Å². The minimum absolute atomic E-state index is 0.0615. The number of unbranched alkanes of at least 4 members (excludes halogenated alkanes) is 1. The molecule has 1 aromatic heterocycles. The molecule has 10 nitrogen and oxygen atoms in total. The van der Waals surface area contributed by atoms with Crippen molar-refractivity contribution in [3.63, 3.8) is 0 Å². The van der Waals surface area contributed by atoms with Crippen molar-refractivity contribution < 1.29 is 23.8 Å². The van der Waals surface area contributed by atoms with E-state index in [1.807, 2.05) is 25.1 Å². The Bertz CT molecular complexity index is 1590. The monoisotopic (exact) mass is 652 g/mol. The number of esters is 1. The van der Waals surface area contributed by atoms with Crippen molar-refractivity contribution >= 4 is 52.1 Å². The third-order valence-corrected chi connectivity index (χ3v) is 9.59. The number of anilines is 1. The molecule has 0 spiro atoms. The first-order valence-electron chi connectivity index (χ1n) is 15.2. The topological polar surface area (TPSA) is 114 Å². The van der Waals surface area contributed by atoms with Gasteiger partial charge in [-0.25, -0.2) is 0 Å². The molecule has 0 radical (unpaired) electrons. The lowest BCUT2D eigenvalue weighted by Crippen LogP contribution is -2.41. The maximum Gasteiger partial charge on any atom is 0.309 e. The van der Waals surface area contributed by atoms with E-state index in [2.05, 4.69) is 11.0 Å². The molecule has 2 saturated heterocycles. The molecule has 2 fully saturated rings. The van der Waals surface area contributed by atoms with Crippen LogP contribution in [0.1, 0.15) is 61.8 Å². The second-order valence-electron chi connectivity index (χ2n) is 10.9. The molecule has 12 heteroatoms. The van der Waals surface area contributed by atoms with Crippen LogP contribution in [0.2, 0.25) is 0 Å².